The zero-order chi connectivity index (χ0) is 22.8. The molecule has 1 atom stereocenters. The molecule has 2 aromatic rings. The zero-order valence-corrected chi connectivity index (χ0v) is 17.7. The summed E-state index contributed by atoms with van der Waals surface area (Å²) in [4.78, 5) is 36.1. The summed E-state index contributed by atoms with van der Waals surface area (Å²) in [5.41, 5.74) is 6.78. The highest BCUT2D eigenvalue weighted by Gasteiger charge is 2.40. The van der Waals surface area contributed by atoms with Crippen LogP contribution in [-0.4, -0.2) is 41.0 Å². The van der Waals surface area contributed by atoms with E-state index in [9.17, 15) is 19.5 Å². The lowest BCUT2D eigenvalue weighted by molar-refractivity contribution is -0.154. The molecule has 1 aliphatic carbocycles. The molecule has 0 spiro atoms. The number of hydrogen-bond donors (Lipinski definition) is 3. The molecule has 1 amide bonds. The summed E-state index contributed by atoms with van der Waals surface area (Å²) in [5.74, 6) is -2.60. The molecule has 0 fully saturated rings. The van der Waals surface area contributed by atoms with Gasteiger partial charge < -0.3 is 14.6 Å². The normalized spacial score (nSPS) is 14.7. The molecule has 0 aliphatic heterocycles. The minimum Gasteiger partial charge on any atom is -0.478 e. The van der Waals surface area contributed by atoms with E-state index < -0.39 is 35.7 Å². The lowest BCUT2D eigenvalue weighted by atomic mass is 9.98. The average Bonchev–Trinajstić information content (AvgIpc) is 2.98. The molecule has 31 heavy (non-hydrogen) atoms. The number of nitrogens with one attached hydrogen (secondary N) is 1. The fraction of sp³-hybridized carbons (Fsp3) is 0.348. The number of hydrogen-bond acceptors (Lipinski definition) is 6. The maximum absolute atomic E-state index is 12.5. The van der Waals surface area contributed by atoms with E-state index >= 15 is 0 Å². The molecule has 164 valence electrons. The molecule has 0 radical (unpaired) electrons. The van der Waals surface area contributed by atoms with Gasteiger partial charge in [-0.2, -0.15) is 0 Å². The highest BCUT2D eigenvalue weighted by molar-refractivity contribution is 5.88. The van der Waals surface area contributed by atoms with Crippen molar-refractivity contribution in [2.24, 2.45) is 5.73 Å². The molecule has 0 unspecified atom stereocenters. The molecular weight excluding hydrogens is 400 g/mol. The number of nitrogens with two attached hydrogens (primary N) is 1. The predicted molar refractivity (Wildman–Crippen MR) is 113 cm³/mol. The lowest BCUT2D eigenvalue weighted by Gasteiger charge is -2.27. The molecule has 3 rings (SSSR count). The van der Waals surface area contributed by atoms with Crippen molar-refractivity contribution in [3.8, 4) is 11.1 Å². The third-order valence-corrected chi connectivity index (χ3v) is 4.90. The molecule has 0 heterocycles. The van der Waals surface area contributed by atoms with Crippen LogP contribution in [0.4, 0.5) is 4.79 Å². The van der Waals surface area contributed by atoms with Gasteiger partial charge in [0.25, 0.3) is 0 Å². The average molecular weight is 426 g/mol. The number of carboxylic acids is 1. The van der Waals surface area contributed by atoms with Crippen molar-refractivity contribution in [3.05, 3.63) is 59.7 Å². The molecule has 0 aromatic heterocycles. The first kappa shape index (κ1) is 22.3. The molecule has 4 N–H and O–H groups in total. The molecule has 2 aromatic carbocycles. The van der Waals surface area contributed by atoms with Gasteiger partial charge in [-0.25, -0.2) is 9.59 Å². The number of rotatable bonds is 6. The maximum Gasteiger partial charge on any atom is 0.409 e. The highest BCUT2D eigenvalue weighted by atomic mass is 16.6. The van der Waals surface area contributed by atoms with Crippen LogP contribution < -0.4 is 11.1 Å². The fourth-order valence-electron chi connectivity index (χ4n) is 3.55. The van der Waals surface area contributed by atoms with Gasteiger partial charge in [0.05, 0.1) is 6.42 Å². The van der Waals surface area contributed by atoms with E-state index in [0.29, 0.717) is 0 Å². The second-order valence-corrected chi connectivity index (χ2v) is 8.49. The maximum atomic E-state index is 12.5. The first-order valence-electron chi connectivity index (χ1n) is 9.87. The van der Waals surface area contributed by atoms with Crippen molar-refractivity contribution in [1.82, 2.24) is 5.32 Å². The molecule has 0 bridgehead atoms. The number of fused-ring (bicyclic) bond motifs is 3. The monoisotopic (exact) mass is 426 g/mol. The molecular formula is C23H26N2O6. The van der Waals surface area contributed by atoms with Crippen LogP contribution in [0.25, 0.3) is 11.1 Å². The van der Waals surface area contributed by atoms with E-state index in [-0.39, 0.29) is 12.5 Å². The number of benzene rings is 2. The molecule has 1 aliphatic rings. The van der Waals surface area contributed by atoms with Crippen LogP contribution in [0.1, 0.15) is 44.2 Å². The van der Waals surface area contributed by atoms with E-state index in [1.807, 2.05) is 48.5 Å². The number of carbonyl (C=O) groups excluding carboxylic acids is 2. The van der Waals surface area contributed by atoms with Crippen molar-refractivity contribution < 1.29 is 29.0 Å². The fourth-order valence-corrected chi connectivity index (χ4v) is 3.55. The van der Waals surface area contributed by atoms with Crippen LogP contribution in [0.15, 0.2) is 48.5 Å². The first-order valence-corrected chi connectivity index (χ1v) is 9.87. The minimum absolute atomic E-state index is 0.0228. The van der Waals surface area contributed by atoms with Crippen molar-refractivity contribution in [3.63, 3.8) is 0 Å². The second kappa shape index (κ2) is 8.39. The van der Waals surface area contributed by atoms with Gasteiger partial charge in [0.2, 0.25) is 5.66 Å². The van der Waals surface area contributed by atoms with Gasteiger partial charge in [-0.3, -0.25) is 15.8 Å². The number of carboxylic acid groups (broad SMARTS) is 1. The smallest absolute Gasteiger partial charge is 0.409 e. The van der Waals surface area contributed by atoms with E-state index in [0.717, 1.165) is 22.3 Å². The van der Waals surface area contributed by atoms with Gasteiger partial charge in [-0.1, -0.05) is 48.5 Å². The van der Waals surface area contributed by atoms with Crippen molar-refractivity contribution in [2.75, 3.05) is 6.61 Å². The number of aliphatic carboxylic acids is 1. The molecule has 8 nitrogen and oxygen atoms in total. The Morgan fingerprint density at radius 1 is 1.00 bits per heavy atom. The number of amides is 1. The van der Waals surface area contributed by atoms with Gasteiger partial charge in [-0.05, 0) is 43.0 Å². The largest absolute Gasteiger partial charge is 0.478 e. The van der Waals surface area contributed by atoms with E-state index in [2.05, 4.69) is 5.32 Å². The Bertz CT molecular complexity index is 968. The number of carbonyl (C=O) groups is 3. The Hall–Kier alpha value is -3.39. The summed E-state index contributed by atoms with van der Waals surface area (Å²) in [6.07, 6.45) is -1.79. The Kier molecular flexibility index (Phi) is 6.03. The van der Waals surface area contributed by atoms with E-state index in [1.54, 1.807) is 20.8 Å². The van der Waals surface area contributed by atoms with Crippen LogP contribution >= 0.6 is 0 Å². The quantitative estimate of drug-likeness (QED) is 0.478. The summed E-state index contributed by atoms with van der Waals surface area (Å²) in [7, 11) is 0. The van der Waals surface area contributed by atoms with E-state index in [1.165, 1.54) is 0 Å². The van der Waals surface area contributed by atoms with Gasteiger partial charge in [-0.15, -0.1) is 0 Å². The lowest BCUT2D eigenvalue weighted by Crippen LogP contribution is -2.63. The highest BCUT2D eigenvalue weighted by Crippen LogP contribution is 2.44. The molecule has 8 heteroatoms. The van der Waals surface area contributed by atoms with Crippen LogP contribution in [0.5, 0.6) is 0 Å². The Labute approximate surface area is 180 Å². The number of alkyl carbamates (subject to hydrolysis) is 1. The summed E-state index contributed by atoms with van der Waals surface area (Å²) < 4.78 is 10.4. The molecule has 0 saturated carbocycles. The standard InChI is InChI=1S/C23H26N2O6/c1-22(2,3)31-21(29)25-23(24,20(27)28)12-19(26)30-13-18-16-10-6-4-8-14(16)15-9-5-7-11-17(15)18/h4-11,18H,12-13,24H2,1-3H3,(H,25,29)(H,27,28)/t23-/m0/s1. The van der Waals surface area contributed by atoms with Crippen LogP contribution in [-0.2, 0) is 19.1 Å². The third kappa shape index (κ3) is 5.03. The van der Waals surface area contributed by atoms with Crippen LogP contribution in [0.3, 0.4) is 0 Å². The number of esters is 1. The van der Waals surface area contributed by atoms with E-state index in [4.69, 9.17) is 15.2 Å². The SMILES string of the molecule is CC(C)(C)OC(=O)N[C@@](N)(CC(=O)OCC1c2ccccc2-c2ccccc21)C(=O)O. The van der Waals surface area contributed by atoms with Crippen LogP contribution in [0, 0.1) is 0 Å². The summed E-state index contributed by atoms with van der Waals surface area (Å²) >= 11 is 0. The second-order valence-electron chi connectivity index (χ2n) is 8.49. The third-order valence-electron chi connectivity index (χ3n) is 4.90. The Morgan fingerprint density at radius 2 is 1.52 bits per heavy atom. The van der Waals surface area contributed by atoms with Crippen molar-refractivity contribution >= 4 is 18.0 Å². The molecule has 0 saturated heterocycles. The Balaban J connectivity index is 1.69. The summed E-state index contributed by atoms with van der Waals surface area (Å²) in [6.45, 7) is 4.89. The van der Waals surface area contributed by atoms with Gasteiger partial charge in [0.1, 0.15) is 12.2 Å². The van der Waals surface area contributed by atoms with Gasteiger partial charge in [0, 0.05) is 5.92 Å². The minimum atomic E-state index is -2.36. The number of ether oxygens (including phenoxy) is 2. The topological polar surface area (TPSA) is 128 Å². The summed E-state index contributed by atoms with van der Waals surface area (Å²) in [5, 5.41) is 11.5. The van der Waals surface area contributed by atoms with Crippen molar-refractivity contribution in [1.29, 1.82) is 0 Å². The van der Waals surface area contributed by atoms with Crippen molar-refractivity contribution in [2.45, 2.75) is 44.4 Å². The van der Waals surface area contributed by atoms with Gasteiger partial charge >= 0.3 is 18.0 Å². The predicted octanol–water partition coefficient (Wildman–Crippen LogP) is 3.00. The summed E-state index contributed by atoms with van der Waals surface area (Å²) in [6, 6.07) is 15.7. The van der Waals surface area contributed by atoms with Crippen LogP contribution in [0.2, 0.25) is 0 Å². The zero-order valence-electron chi connectivity index (χ0n) is 17.7. The van der Waals surface area contributed by atoms with Gasteiger partial charge in [0.15, 0.2) is 0 Å². The first-order chi connectivity index (χ1) is 14.5. The Morgan fingerprint density at radius 3 is 2.00 bits per heavy atom.